The second-order valence-electron chi connectivity index (χ2n) is 3.78. The quantitative estimate of drug-likeness (QED) is 0.348. The van der Waals surface area contributed by atoms with Crippen molar-refractivity contribution < 1.29 is 8.42 Å². The Labute approximate surface area is 119 Å². The molecule has 6 heteroatoms. The Kier molecular flexibility index (Phi) is 6.78. The Morgan fingerprint density at radius 2 is 2.11 bits per heavy atom. The minimum atomic E-state index is -3.22. The molecule has 1 aromatic carbocycles. The van der Waals surface area contributed by atoms with E-state index in [9.17, 15) is 8.42 Å². The summed E-state index contributed by atoms with van der Waals surface area (Å²) in [6, 6.07) is 7.43. The average Bonchev–Trinajstić information content (AvgIpc) is 2.37. The van der Waals surface area contributed by atoms with Gasteiger partial charge in [0.05, 0.1) is 5.75 Å². The van der Waals surface area contributed by atoms with Gasteiger partial charge in [-0.2, -0.15) is 0 Å². The molecule has 4 nitrogen and oxygen atoms in total. The number of hydrogen-bond donors (Lipinski definition) is 2. The van der Waals surface area contributed by atoms with Gasteiger partial charge in [0.2, 0.25) is 10.0 Å². The standard InChI is InChI=1S/C13H18N2O2S2/c1-2-3-6-9-15-19(16,17)11-10-18-13-8-5-4-7-12(13)14/h4-5,7-8,15H,6,9-11,14H2,1H3. The molecule has 0 atom stereocenters. The van der Waals surface area contributed by atoms with Crippen LogP contribution in [0.15, 0.2) is 29.2 Å². The van der Waals surface area contributed by atoms with Gasteiger partial charge in [-0.15, -0.1) is 23.6 Å². The van der Waals surface area contributed by atoms with Crippen molar-refractivity contribution in [3.63, 3.8) is 0 Å². The summed E-state index contributed by atoms with van der Waals surface area (Å²) in [7, 11) is -3.22. The molecule has 1 rings (SSSR count). The number of nitrogens with one attached hydrogen (secondary N) is 1. The fraction of sp³-hybridized carbons (Fsp3) is 0.385. The predicted molar refractivity (Wildman–Crippen MR) is 81.4 cm³/mol. The molecule has 0 saturated carbocycles. The van der Waals surface area contributed by atoms with Crippen molar-refractivity contribution in [1.82, 2.24) is 4.72 Å². The second-order valence-corrected chi connectivity index (χ2v) is 6.84. The molecule has 0 unspecified atom stereocenters. The lowest BCUT2D eigenvalue weighted by atomic mass is 10.3. The largest absolute Gasteiger partial charge is 0.398 e. The number of hydrogen-bond acceptors (Lipinski definition) is 4. The summed E-state index contributed by atoms with van der Waals surface area (Å²) in [5.74, 6) is 6.08. The molecule has 3 N–H and O–H groups in total. The smallest absolute Gasteiger partial charge is 0.212 e. The van der Waals surface area contributed by atoms with Crippen LogP contribution in [0.1, 0.15) is 13.3 Å². The summed E-state index contributed by atoms with van der Waals surface area (Å²) in [6.07, 6.45) is 0.536. The Morgan fingerprint density at radius 1 is 1.37 bits per heavy atom. The first kappa shape index (κ1) is 15.9. The van der Waals surface area contributed by atoms with Gasteiger partial charge < -0.3 is 5.73 Å². The molecule has 0 spiro atoms. The van der Waals surface area contributed by atoms with Gasteiger partial charge in [-0.3, -0.25) is 0 Å². The van der Waals surface area contributed by atoms with Crippen LogP contribution in [0.4, 0.5) is 5.69 Å². The second kappa shape index (κ2) is 8.10. The number of sulfonamides is 1. The highest BCUT2D eigenvalue weighted by molar-refractivity contribution is 8.00. The van der Waals surface area contributed by atoms with Gasteiger partial charge in [0, 0.05) is 29.3 Å². The Bertz CT molecular complexity index is 559. The molecule has 0 aromatic heterocycles. The van der Waals surface area contributed by atoms with E-state index in [0.717, 1.165) is 4.90 Å². The summed E-state index contributed by atoms with van der Waals surface area (Å²) in [6.45, 7) is 2.09. The maximum atomic E-state index is 11.7. The topological polar surface area (TPSA) is 72.2 Å². The highest BCUT2D eigenvalue weighted by atomic mass is 32.2. The van der Waals surface area contributed by atoms with E-state index in [4.69, 9.17) is 5.73 Å². The van der Waals surface area contributed by atoms with E-state index in [0.29, 0.717) is 24.4 Å². The monoisotopic (exact) mass is 298 g/mol. The van der Waals surface area contributed by atoms with Crippen LogP contribution in [0.5, 0.6) is 0 Å². The third-order valence-electron chi connectivity index (χ3n) is 2.28. The number of nitrogens with two attached hydrogens (primary N) is 1. The van der Waals surface area contributed by atoms with Crippen LogP contribution in [-0.2, 0) is 10.0 Å². The maximum Gasteiger partial charge on any atom is 0.212 e. The lowest BCUT2D eigenvalue weighted by Gasteiger charge is -2.06. The van der Waals surface area contributed by atoms with E-state index >= 15 is 0 Å². The molecule has 0 fully saturated rings. The van der Waals surface area contributed by atoms with Crippen LogP contribution in [-0.4, -0.2) is 26.5 Å². The number of nitrogen functional groups attached to an aromatic ring is 1. The zero-order valence-corrected chi connectivity index (χ0v) is 12.5. The first-order valence-corrected chi connectivity index (χ1v) is 8.53. The van der Waals surface area contributed by atoms with Gasteiger partial charge in [0.1, 0.15) is 0 Å². The van der Waals surface area contributed by atoms with Crippen molar-refractivity contribution in [2.75, 3.05) is 23.8 Å². The summed E-state index contributed by atoms with van der Waals surface area (Å²) >= 11 is 1.45. The Morgan fingerprint density at radius 3 is 2.79 bits per heavy atom. The third-order valence-corrected chi connectivity index (χ3v) is 5.01. The number of anilines is 1. The summed E-state index contributed by atoms with van der Waals surface area (Å²) in [5, 5.41) is 0. The molecule has 0 bridgehead atoms. The Hall–Kier alpha value is -1.16. The van der Waals surface area contributed by atoms with Crippen LogP contribution in [0.2, 0.25) is 0 Å². The van der Waals surface area contributed by atoms with Gasteiger partial charge in [-0.25, -0.2) is 13.1 Å². The van der Waals surface area contributed by atoms with E-state index in [1.54, 1.807) is 13.0 Å². The van der Waals surface area contributed by atoms with Crippen molar-refractivity contribution >= 4 is 27.5 Å². The van der Waals surface area contributed by atoms with Gasteiger partial charge in [0.25, 0.3) is 0 Å². The van der Waals surface area contributed by atoms with Gasteiger partial charge >= 0.3 is 0 Å². The first-order valence-electron chi connectivity index (χ1n) is 5.89. The molecule has 0 radical (unpaired) electrons. The van der Waals surface area contributed by atoms with Gasteiger partial charge in [-0.1, -0.05) is 12.1 Å². The van der Waals surface area contributed by atoms with Gasteiger partial charge in [0.15, 0.2) is 0 Å². The minimum absolute atomic E-state index is 0.0750. The normalized spacial score (nSPS) is 10.8. The summed E-state index contributed by atoms with van der Waals surface area (Å²) in [5.41, 5.74) is 6.46. The predicted octanol–water partition coefficient (Wildman–Crippen LogP) is 1.69. The van der Waals surface area contributed by atoms with Crippen molar-refractivity contribution in [2.45, 2.75) is 18.2 Å². The van der Waals surface area contributed by atoms with Gasteiger partial charge in [-0.05, 0) is 19.1 Å². The zero-order chi connectivity index (χ0) is 14.1. The lowest BCUT2D eigenvalue weighted by Crippen LogP contribution is -2.28. The van der Waals surface area contributed by atoms with E-state index < -0.39 is 10.0 Å². The van der Waals surface area contributed by atoms with Crippen LogP contribution in [0.25, 0.3) is 0 Å². The minimum Gasteiger partial charge on any atom is -0.398 e. The molecule has 0 aliphatic rings. The van der Waals surface area contributed by atoms with E-state index in [1.165, 1.54) is 11.8 Å². The first-order chi connectivity index (χ1) is 9.05. The molecule has 0 heterocycles. The molecule has 0 aliphatic heterocycles. The van der Waals surface area contributed by atoms with Crippen molar-refractivity contribution in [2.24, 2.45) is 0 Å². The Balaban J connectivity index is 2.35. The highest BCUT2D eigenvalue weighted by Gasteiger charge is 2.09. The number of thioether (sulfide) groups is 1. The SMILES string of the molecule is CC#CCCNS(=O)(=O)CCSc1ccccc1N. The molecule has 0 saturated heterocycles. The number of rotatable bonds is 7. The van der Waals surface area contributed by atoms with Crippen molar-refractivity contribution in [3.8, 4) is 11.8 Å². The van der Waals surface area contributed by atoms with Crippen molar-refractivity contribution in [1.29, 1.82) is 0 Å². The summed E-state index contributed by atoms with van der Waals surface area (Å²) in [4.78, 5) is 0.912. The van der Waals surface area contributed by atoms with Crippen LogP contribution in [0, 0.1) is 11.8 Å². The average molecular weight is 298 g/mol. The fourth-order valence-corrected chi connectivity index (χ4v) is 3.74. The van der Waals surface area contributed by atoms with Crippen molar-refractivity contribution in [3.05, 3.63) is 24.3 Å². The maximum absolute atomic E-state index is 11.7. The molecule has 0 amide bonds. The molecule has 1 aromatic rings. The molecule has 104 valence electrons. The van der Waals surface area contributed by atoms with Crippen LogP contribution < -0.4 is 10.5 Å². The molecular formula is C13H18N2O2S2. The summed E-state index contributed by atoms with van der Waals surface area (Å²) < 4.78 is 25.8. The van der Waals surface area contributed by atoms with Crippen LogP contribution in [0.3, 0.4) is 0 Å². The molecular weight excluding hydrogens is 280 g/mol. The zero-order valence-electron chi connectivity index (χ0n) is 10.8. The third kappa shape index (κ3) is 6.53. The van der Waals surface area contributed by atoms with E-state index in [2.05, 4.69) is 16.6 Å². The van der Waals surface area contributed by atoms with E-state index in [-0.39, 0.29) is 5.75 Å². The fourth-order valence-electron chi connectivity index (χ4n) is 1.34. The number of benzene rings is 1. The lowest BCUT2D eigenvalue weighted by molar-refractivity contribution is 0.584. The number of para-hydroxylation sites is 1. The molecule has 0 aliphatic carbocycles. The van der Waals surface area contributed by atoms with Crippen LogP contribution >= 0.6 is 11.8 Å². The highest BCUT2D eigenvalue weighted by Crippen LogP contribution is 2.24. The molecule has 19 heavy (non-hydrogen) atoms. The van der Waals surface area contributed by atoms with E-state index in [1.807, 2.05) is 18.2 Å².